The molecule has 3 nitrogen and oxygen atoms in total. The van der Waals surface area contributed by atoms with Crippen LogP contribution in [0.3, 0.4) is 0 Å². The fraction of sp³-hybridized carbons (Fsp3) is 0.0833. The molecule has 0 atom stereocenters. The van der Waals surface area contributed by atoms with Crippen LogP contribution in [0, 0.1) is 11.8 Å². The molecular weight excluding hydrogens is 226 g/mol. The zero-order valence-corrected chi connectivity index (χ0v) is 8.82. The summed E-state index contributed by atoms with van der Waals surface area (Å²) in [5.41, 5.74) is 0.550. The summed E-state index contributed by atoms with van der Waals surface area (Å²) >= 11 is 0. The number of hydrogen-bond acceptors (Lipinski definition) is 3. The van der Waals surface area contributed by atoms with Crippen molar-refractivity contribution in [2.24, 2.45) is 0 Å². The number of rotatable bonds is 3. The van der Waals surface area contributed by atoms with E-state index in [9.17, 15) is 13.9 Å². The van der Waals surface area contributed by atoms with Gasteiger partial charge in [0.15, 0.2) is 0 Å². The normalized spacial score (nSPS) is 10.2. The Kier molecular flexibility index (Phi) is 3.18. The number of nitrogens with one attached hydrogen (secondary N) is 1. The Balaban J connectivity index is 2.07. The topological polar surface area (TPSA) is 45.1 Å². The lowest BCUT2D eigenvalue weighted by Crippen LogP contribution is -2.02. The molecule has 1 aromatic carbocycles. The van der Waals surface area contributed by atoms with Gasteiger partial charge in [-0.05, 0) is 29.8 Å². The van der Waals surface area contributed by atoms with E-state index in [4.69, 9.17) is 0 Å². The van der Waals surface area contributed by atoms with Crippen LogP contribution in [0.1, 0.15) is 5.56 Å². The van der Waals surface area contributed by atoms with Crippen molar-refractivity contribution < 1.29 is 13.9 Å². The third kappa shape index (κ3) is 3.14. The maximum Gasteiger partial charge on any atom is 0.214 e. The Morgan fingerprint density at radius 1 is 1.18 bits per heavy atom. The predicted molar refractivity (Wildman–Crippen MR) is 59.6 cm³/mol. The number of benzene rings is 1. The van der Waals surface area contributed by atoms with Gasteiger partial charge in [0.05, 0.1) is 0 Å². The Bertz CT molecular complexity index is 511. The van der Waals surface area contributed by atoms with Crippen molar-refractivity contribution in [1.82, 2.24) is 4.98 Å². The second-order valence-corrected chi connectivity index (χ2v) is 3.52. The van der Waals surface area contributed by atoms with Gasteiger partial charge < -0.3 is 10.4 Å². The molecule has 0 spiro atoms. The average Bonchev–Trinajstić information content (AvgIpc) is 2.25. The van der Waals surface area contributed by atoms with E-state index >= 15 is 0 Å². The molecule has 0 bridgehead atoms. The first kappa shape index (κ1) is 11.3. The van der Waals surface area contributed by atoms with Crippen molar-refractivity contribution in [3.63, 3.8) is 0 Å². The molecule has 0 radical (unpaired) electrons. The first-order valence-corrected chi connectivity index (χ1v) is 4.98. The maximum absolute atomic E-state index is 13.0. The standard InChI is InChI=1S/C12H10F2N2O/c13-9-4-8(5-10(17)6-9)7-15-12-3-1-2-11(14)16-12/h1-6,17H,7H2,(H,15,16). The number of aromatic hydroxyl groups is 1. The smallest absolute Gasteiger partial charge is 0.214 e. The van der Waals surface area contributed by atoms with Crippen LogP contribution in [0.15, 0.2) is 36.4 Å². The highest BCUT2D eigenvalue weighted by atomic mass is 19.1. The van der Waals surface area contributed by atoms with Crippen molar-refractivity contribution in [2.45, 2.75) is 6.54 Å². The molecule has 0 saturated carbocycles. The van der Waals surface area contributed by atoms with Crippen molar-refractivity contribution in [3.8, 4) is 5.75 Å². The highest BCUT2D eigenvalue weighted by molar-refractivity contribution is 5.36. The summed E-state index contributed by atoms with van der Waals surface area (Å²) in [7, 11) is 0. The molecule has 2 aromatic rings. The van der Waals surface area contributed by atoms with Crippen LogP contribution in [0.5, 0.6) is 5.75 Å². The molecule has 0 aliphatic rings. The molecule has 2 rings (SSSR count). The molecule has 5 heteroatoms. The van der Waals surface area contributed by atoms with Gasteiger partial charge in [-0.25, -0.2) is 9.37 Å². The Hall–Kier alpha value is -2.17. The number of halogens is 2. The largest absolute Gasteiger partial charge is 0.508 e. The van der Waals surface area contributed by atoms with E-state index in [1.54, 1.807) is 6.07 Å². The van der Waals surface area contributed by atoms with E-state index < -0.39 is 11.8 Å². The van der Waals surface area contributed by atoms with Crippen molar-refractivity contribution in [3.05, 3.63) is 53.7 Å². The van der Waals surface area contributed by atoms with Crippen LogP contribution in [-0.2, 0) is 6.54 Å². The van der Waals surface area contributed by atoms with Crippen LogP contribution in [0.4, 0.5) is 14.6 Å². The molecule has 0 saturated heterocycles. The molecule has 88 valence electrons. The SMILES string of the molecule is Oc1cc(F)cc(CNc2cccc(F)n2)c1. The molecule has 0 aliphatic carbocycles. The average molecular weight is 236 g/mol. The van der Waals surface area contributed by atoms with Gasteiger partial charge in [-0.1, -0.05) is 6.07 Å². The van der Waals surface area contributed by atoms with Crippen LogP contribution in [-0.4, -0.2) is 10.1 Å². The van der Waals surface area contributed by atoms with E-state index in [1.165, 1.54) is 24.3 Å². The van der Waals surface area contributed by atoms with Gasteiger partial charge in [-0.2, -0.15) is 4.39 Å². The van der Waals surface area contributed by atoms with Gasteiger partial charge in [0, 0.05) is 12.6 Å². The molecule has 1 aromatic heterocycles. The second-order valence-electron chi connectivity index (χ2n) is 3.52. The number of anilines is 1. The first-order chi connectivity index (χ1) is 8.13. The van der Waals surface area contributed by atoms with Crippen LogP contribution < -0.4 is 5.32 Å². The molecule has 0 fully saturated rings. The summed E-state index contributed by atoms with van der Waals surface area (Å²) in [6.45, 7) is 0.252. The Morgan fingerprint density at radius 2 is 2.00 bits per heavy atom. The summed E-state index contributed by atoms with van der Waals surface area (Å²) < 4.78 is 25.7. The highest BCUT2D eigenvalue weighted by Gasteiger charge is 2.01. The monoisotopic (exact) mass is 236 g/mol. The number of phenolic OH excluding ortho intramolecular Hbond substituents is 1. The molecule has 2 N–H and O–H groups in total. The van der Waals surface area contributed by atoms with E-state index in [0.717, 1.165) is 6.07 Å². The highest BCUT2D eigenvalue weighted by Crippen LogP contribution is 2.15. The Morgan fingerprint density at radius 3 is 2.71 bits per heavy atom. The van der Waals surface area contributed by atoms with E-state index in [1.807, 2.05) is 0 Å². The van der Waals surface area contributed by atoms with Crippen molar-refractivity contribution in [1.29, 1.82) is 0 Å². The summed E-state index contributed by atoms with van der Waals surface area (Å²) in [5, 5.41) is 12.0. The number of aromatic nitrogens is 1. The number of nitrogens with zero attached hydrogens (tertiary/aromatic N) is 1. The summed E-state index contributed by atoms with van der Waals surface area (Å²) in [4.78, 5) is 3.60. The zero-order valence-electron chi connectivity index (χ0n) is 8.82. The summed E-state index contributed by atoms with van der Waals surface area (Å²) in [5.74, 6) is -0.895. The van der Waals surface area contributed by atoms with E-state index in [2.05, 4.69) is 10.3 Å². The minimum absolute atomic E-state index is 0.144. The lowest BCUT2D eigenvalue weighted by molar-refractivity contribution is 0.468. The molecule has 0 aliphatic heterocycles. The first-order valence-electron chi connectivity index (χ1n) is 4.98. The van der Waals surface area contributed by atoms with Gasteiger partial charge in [-0.15, -0.1) is 0 Å². The molecule has 17 heavy (non-hydrogen) atoms. The van der Waals surface area contributed by atoms with Gasteiger partial charge >= 0.3 is 0 Å². The van der Waals surface area contributed by atoms with Gasteiger partial charge in [0.1, 0.15) is 17.4 Å². The minimum atomic E-state index is -0.586. The molecule has 0 amide bonds. The van der Waals surface area contributed by atoms with Crippen LogP contribution >= 0.6 is 0 Å². The van der Waals surface area contributed by atoms with Gasteiger partial charge in [0.25, 0.3) is 0 Å². The van der Waals surface area contributed by atoms with E-state index in [0.29, 0.717) is 11.4 Å². The summed E-state index contributed by atoms with van der Waals surface area (Å²) in [6, 6.07) is 8.08. The number of phenols is 1. The number of hydrogen-bond donors (Lipinski definition) is 2. The fourth-order valence-electron chi connectivity index (χ4n) is 1.43. The number of pyridine rings is 1. The van der Waals surface area contributed by atoms with E-state index in [-0.39, 0.29) is 12.3 Å². The lowest BCUT2D eigenvalue weighted by Gasteiger charge is -2.06. The van der Waals surface area contributed by atoms with Gasteiger partial charge in [-0.3, -0.25) is 0 Å². The third-order valence-electron chi connectivity index (χ3n) is 2.13. The fourth-order valence-corrected chi connectivity index (χ4v) is 1.43. The van der Waals surface area contributed by atoms with Crippen molar-refractivity contribution >= 4 is 5.82 Å². The lowest BCUT2D eigenvalue weighted by atomic mass is 10.2. The Labute approximate surface area is 96.7 Å². The molecule has 1 heterocycles. The summed E-state index contributed by atoms with van der Waals surface area (Å²) in [6.07, 6.45) is 0. The van der Waals surface area contributed by atoms with Gasteiger partial charge in [0.2, 0.25) is 5.95 Å². The predicted octanol–water partition coefficient (Wildman–Crippen LogP) is 2.68. The maximum atomic E-state index is 13.0. The zero-order chi connectivity index (χ0) is 12.3. The van der Waals surface area contributed by atoms with Crippen molar-refractivity contribution in [2.75, 3.05) is 5.32 Å². The molecule has 0 unspecified atom stereocenters. The third-order valence-corrected chi connectivity index (χ3v) is 2.13. The quantitative estimate of drug-likeness (QED) is 0.805. The van der Waals surface area contributed by atoms with Crippen LogP contribution in [0.25, 0.3) is 0 Å². The minimum Gasteiger partial charge on any atom is -0.508 e. The second kappa shape index (κ2) is 4.78. The molecular formula is C12H10F2N2O. The van der Waals surface area contributed by atoms with Crippen LogP contribution in [0.2, 0.25) is 0 Å².